The van der Waals surface area contributed by atoms with Gasteiger partial charge in [-0.3, -0.25) is 9.69 Å². The van der Waals surface area contributed by atoms with Crippen molar-refractivity contribution in [1.29, 1.82) is 0 Å². The average molecular weight is 211 g/mol. The lowest BCUT2D eigenvalue weighted by molar-refractivity contribution is -0.127. The summed E-state index contributed by atoms with van der Waals surface area (Å²) in [5.41, 5.74) is -0.190. The maximum atomic E-state index is 11.9. The molecular weight excluding hydrogens is 186 g/mol. The number of hydrogen-bond acceptors (Lipinski definition) is 2. The zero-order chi connectivity index (χ0) is 11.6. The first-order chi connectivity index (χ1) is 6.80. The summed E-state index contributed by atoms with van der Waals surface area (Å²) in [5.74, 6) is 1.02. The second-order valence-electron chi connectivity index (χ2n) is 6.23. The predicted molar refractivity (Wildman–Crippen MR) is 63.9 cm³/mol. The number of Topliss-reactive ketones (excluding diaryl/α,β-unsaturated/α-hetero) is 1. The first-order valence-corrected chi connectivity index (χ1v) is 6.08. The fourth-order valence-electron chi connectivity index (χ4n) is 1.67. The van der Waals surface area contributed by atoms with E-state index >= 15 is 0 Å². The van der Waals surface area contributed by atoms with E-state index in [-0.39, 0.29) is 5.41 Å². The van der Waals surface area contributed by atoms with Crippen LogP contribution in [-0.4, -0.2) is 29.8 Å². The molecule has 2 heteroatoms. The molecule has 1 aliphatic rings. The van der Waals surface area contributed by atoms with Crippen LogP contribution in [0.15, 0.2) is 0 Å². The molecule has 0 bridgehead atoms. The van der Waals surface area contributed by atoms with Gasteiger partial charge in [0, 0.05) is 18.0 Å². The Morgan fingerprint density at radius 1 is 1.33 bits per heavy atom. The van der Waals surface area contributed by atoms with Gasteiger partial charge in [0.15, 0.2) is 5.78 Å². The van der Waals surface area contributed by atoms with E-state index < -0.39 is 0 Å². The topological polar surface area (TPSA) is 20.3 Å². The third kappa shape index (κ3) is 4.33. The molecule has 0 radical (unpaired) electrons. The van der Waals surface area contributed by atoms with E-state index in [1.54, 1.807) is 0 Å². The molecule has 0 aromatic rings. The van der Waals surface area contributed by atoms with Crippen LogP contribution in [0.1, 0.15) is 47.5 Å². The van der Waals surface area contributed by atoms with Gasteiger partial charge in [0.1, 0.15) is 0 Å². The average Bonchev–Trinajstić information content (AvgIpc) is 2.81. The smallest absolute Gasteiger partial charge is 0.152 e. The summed E-state index contributed by atoms with van der Waals surface area (Å²) in [4.78, 5) is 14.3. The molecule has 0 unspecified atom stereocenters. The molecule has 15 heavy (non-hydrogen) atoms. The van der Waals surface area contributed by atoms with Crippen molar-refractivity contribution in [2.75, 3.05) is 13.1 Å². The van der Waals surface area contributed by atoms with Crippen molar-refractivity contribution in [2.45, 2.75) is 53.5 Å². The van der Waals surface area contributed by atoms with Crippen LogP contribution < -0.4 is 0 Å². The van der Waals surface area contributed by atoms with E-state index in [2.05, 4.69) is 18.7 Å². The normalized spacial score (nSPS) is 17.5. The molecule has 0 aromatic carbocycles. The van der Waals surface area contributed by atoms with Gasteiger partial charge in [-0.25, -0.2) is 0 Å². The minimum Gasteiger partial charge on any atom is -0.298 e. The highest BCUT2D eigenvalue weighted by molar-refractivity contribution is 5.85. The Morgan fingerprint density at radius 2 is 1.87 bits per heavy atom. The van der Waals surface area contributed by atoms with Crippen LogP contribution in [0.25, 0.3) is 0 Å². The number of nitrogens with zero attached hydrogens (tertiary/aromatic N) is 1. The Hall–Kier alpha value is -0.370. The van der Waals surface area contributed by atoms with Crippen LogP contribution in [0.4, 0.5) is 0 Å². The molecule has 2 nitrogen and oxygen atoms in total. The molecule has 1 aliphatic carbocycles. The molecule has 1 rings (SSSR count). The molecule has 0 N–H and O–H groups in total. The summed E-state index contributed by atoms with van der Waals surface area (Å²) >= 11 is 0. The highest BCUT2D eigenvalue weighted by Crippen LogP contribution is 2.28. The van der Waals surface area contributed by atoms with Crippen LogP contribution in [0.5, 0.6) is 0 Å². The number of ketones is 1. The van der Waals surface area contributed by atoms with Crippen LogP contribution in [0.2, 0.25) is 0 Å². The third-order valence-corrected chi connectivity index (χ3v) is 2.85. The minimum atomic E-state index is -0.190. The Balaban J connectivity index is 2.47. The van der Waals surface area contributed by atoms with Gasteiger partial charge in [-0.15, -0.1) is 0 Å². The van der Waals surface area contributed by atoms with E-state index in [1.807, 2.05) is 20.8 Å². The van der Waals surface area contributed by atoms with Gasteiger partial charge in [0.2, 0.25) is 0 Å². The van der Waals surface area contributed by atoms with E-state index in [4.69, 9.17) is 0 Å². The summed E-state index contributed by atoms with van der Waals surface area (Å²) < 4.78 is 0. The van der Waals surface area contributed by atoms with Crippen LogP contribution in [0, 0.1) is 11.3 Å². The van der Waals surface area contributed by atoms with Gasteiger partial charge >= 0.3 is 0 Å². The summed E-state index contributed by atoms with van der Waals surface area (Å²) in [6.45, 7) is 12.2. The van der Waals surface area contributed by atoms with Crippen molar-refractivity contribution in [1.82, 2.24) is 4.90 Å². The van der Waals surface area contributed by atoms with Gasteiger partial charge in [0.05, 0.1) is 6.54 Å². The van der Waals surface area contributed by atoms with E-state index in [1.165, 1.54) is 12.8 Å². The molecular formula is C13H25NO. The zero-order valence-corrected chi connectivity index (χ0v) is 10.8. The van der Waals surface area contributed by atoms with Gasteiger partial charge in [-0.05, 0) is 18.8 Å². The lowest BCUT2D eigenvalue weighted by Gasteiger charge is -2.27. The molecule has 88 valence electrons. The molecule has 0 amide bonds. The largest absolute Gasteiger partial charge is 0.298 e. The van der Waals surface area contributed by atoms with Crippen LogP contribution >= 0.6 is 0 Å². The van der Waals surface area contributed by atoms with Gasteiger partial charge in [-0.1, -0.05) is 34.6 Å². The van der Waals surface area contributed by atoms with E-state index in [0.29, 0.717) is 24.3 Å². The highest BCUT2D eigenvalue weighted by Gasteiger charge is 2.32. The van der Waals surface area contributed by atoms with Crippen molar-refractivity contribution in [3.63, 3.8) is 0 Å². The first-order valence-electron chi connectivity index (χ1n) is 6.08. The Kier molecular flexibility index (Phi) is 3.93. The summed E-state index contributed by atoms with van der Waals surface area (Å²) in [6, 6.07) is 0.693. The molecule has 0 aromatic heterocycles. The van der Waals surface area contributed by atoms with Gasteiger partial charge in [-0.2, -0.15) is 0 Å². The predicted octanol–water partition coefficient (Wildman–Crippen LogP) is 2.72. The Bertz CT molecular complexity index is 223. The molecule has 0 atom stereocenters. The van der Waals surface area contributed by atoms with Crippen molar-refractivity contribution < 1.29 is 4.79 Å². The van der Waals surface area contributed by atoms with E-state index in [9.17, 15) is 4.79 Å². The van der Waals surface area contributed by atoms with Crippen molar-refractivity contribution >= 4 is 5.78 Å². The second kappa shape index (κ2) is 4.65. The number of carbonyl (C=O) groups excluding carboxylic acids is 1. The first kappa shape index (κ1) is 12.7. The lowest BCUT2D eigenvalue weighted by atomic mass is 9.90. The van der Waals surface area contributed by atoms with Gasteiger partial charge in [0.25, 0.3) is 0 Å². The zero-order valence-electron chi connectivity index (χ0n) is 10.8. The Labute approximate surface area is 94.0 Å². The molecule has 0 heterocycles. The highest BCUT2D eigenvalue weighted by atomic mass is 16.1. The lowest BCUT2D eigenvalue weighted by Crippen LogP contribution is -2.39. The number of hydrogen-bond donors (Lipinski definition) is 0. The number of rotatable bonds is 5. The number of carbonyl (C=O) groups is 1. The molecule has 0 saturated heterocycles. The quantitative estimate of drug-likeness (QED) is 0.697. The van der Waals surface area contributed by atoms with Crippen molar-refractivity contribution in [3.8, 4) is 0 Å². The second-order valence-corrected chi connectivity index (χ2v) is 6.23. The standard InChI is InChI=1S/C13H25NO/c1-10(2)8-14(11-6-7-11)9-12(15)13(3,4)5/h10-11H,6-9H2,1-5H3. The maximum Gasteiger partial charge on any atom is 0.152 e. The van der Waals surface area contributed by atoms with Crippen LogP contribution in [-0.2, 0) is 4.79 Å². The molecule has 0 spiro atoms. The molecule has 0 aliphatic heterocycles. The monoisotopic (exact) mass is 211 g/mol. The SMILES string of the molecule is CC(C)CN(CC(=O)C(C)(C)C)C1CC1. The fourth-order valence-corrected chi connectivity index (χ4v) is 1.67. The summed E-state index contributed by atoms with van der Waals surface area (Å²) in [7, 11) is 0. The molecule has 1 saturated carbocycles. The Morgan fingerprint density at radius 3 is 2.20 bits per heavy atom. The van der Waals surface area contributed by atoms with E-state index in [0.717, 1.165) is 6.54 Å². The fraction of sp³-hybridized carbons (Fsp3) is 0.923. The summed E-state index contributed by atoms with van der Waals surface area (Å²) in [5, 5.41) is 0. The van der Waals surface area contributed by atoms with Crippen LogP contribution in [0.3, 0.4) is 0 Å². The summed E-state index contributed by atoms with van der Waals surface area (Å²) in [6.07, 6.45) is 2.56. The molecule has 1 fully saturated rings. The maximum absolute atomic E-state index is 11.9. The van der Waals surface area contributed by atoms with Crippen molar-refractivity contribution in [2.24, 2.45) is 11.3 Å². The van der Waals surface area contributed by atoms with Crippen molar-refractivity contribution in [3.05, 3.63) is 0 Å². The third-order valence-electron chi connectivity index (χ3n) is 2.85. The van der Waals surface area contributed by atoms with Gasteiger partial charge < -0.3 is 0 Å². The minimum absolute atomic E-state index is 0.190.